The van der Waals surface area contributed by atoms with E-state index in [1.54, 1.807) is 12.1 Å². The van der Waals surface area contributed by atoms with Gasteiger partial charge in [0.05, 0.1) is 21.9 Å². The molecule has 0 unspecified atom stereocenters. The van der Waals surface area contributed by atoms with Crippen LogP contribution in [0.2, 0.25) is 10.0 Å². The van der Waals surface area contributed by atoms with E-state index in [-0.39, 0.29) is 31.8 Å². The van der Waals surface area contributed by atoms with Crippen molar-refractivity contribution in [3.8, 4) is 5.75 Å². The number of aryl methyl sites for hydroxylation is 1. The first kappa shape index (κ1) is 29.5. The van der Waals surface area contributed by atoms with Crippen molar-refractivity contribution < 1.29 is 31.8 Å². The number of amides is 3. The Morgan fingerprint density at radius 2 is 1.43 bits per heavy atom. The van der Waals surface area contributed by atoms with Crippen LogP contribution < -0.4 is 4.18 Å². The largest absolute Gasteiger partial charge is 0.379 e. The molecule has 9 nitrogen and oxygen atoms in total. The lowest BCUT2D eigenvalue weighted by atomic mass is 9.85. The number of carbonyl (C=O) groups excluding carboxylic acids is 4. The van der Waals surface area contributed by atoms with E-state index in [1.165, 1.54) is 54.6 Å². The van der Waals surface area contributed by atoms with Crippen LogP contribution in [0.15, 0.2) is 83.8 Å². The number of rotatable bonds is 8. The summed E-state index contributed by atoms with van der Waals surface area (Å²) >= 11 is 12.1. The minimum absolute atomic E-state index is 0.0239. The van der Waals surface area contributed by atoms with E-state index in [4.69, 9.17) is 27.4 Å². The number of carbonyl (C=O) groups is 4. The fourth-order valence-corrected chi connectivity index (χ4v) is 6.06. The number of halogens is 2. The van der Waals surface area contributed by atoms with Crippen molar-refractivity contribution in [3.63, 3.8) is 0 Å². The van der Waals surface area contributed by atoms with Gasteiger partial charge in [0.25, 0.3) is 17.7 Å². The lowest BCUT2D eigenvalue weighted by Gasteiger charge is -2.30. The highest BCUT2D eigenvalue weighted by Gasteiger charge is 2.51. The van der Waals surface area contributed by atoms with Gasteiger partial charge in [-0.3, -0.25) is 19.2 Å². The van der Waals surface area contributed by atoms with Crippen LogP contribution in [-0.2, 0) is 19.7 Å². The molecule has 1 aliphatic heterocycles. The zero-order chi connectivity index (χ0) is 30.2. The molecule has 0 N–H and O–H groups in total. The van der Waals surface area contributed by atoms with Crippen molar-refractivity contribution >= 4 is 56.8 Å². The van der Waals surface area contributed by atoms with E-state index in [0.29, 0.717) is 12.8 Å². The average molecular weight is 628 g/mol. The second kappa shape index (κ2) is 11.7. The molecule has 1 aliphatic carbocycles. The zero-order valence-electron chi connectivity index (χ0n) is 22.2. The number of Topliss-reactive ketones (excluding diaryl/α,β-unsaturated/α-hetero) is 1. The summed E-state index contributed by atoms with van der Waals surface area (Å²) in [6, 6.07) is 15.5. The maximum Gasteiger partial charge on any atom is 0.339 e. The van der Waals surface area contributed by atoms with Gasteiger partial charge in [-0.25, -0.2) is 5.01 Å². The zero-order valence-corrected chi connectivity index (χ0v) is 24.5. The third-order valence-electron chi connectivity index (χ3n) is 7.11. The van der Waals surface area contributed by atoms with Gasteiger partial charge in [-0.15, -0.1) is 0 Å². The summed E-state index contributed by atoms with van der Waals surface area (Å²) in [5.74, 6) is -3.83. The molecule has 0 bridgehead atoms. The van der Waals surface area contributed by atoms with Crippen LogP contribution in [0.4, 0.5) is 0 Å². The van der Waals surface area contributed by atoms with Crippen molar-refractivity contribution in [2.75, 3.05) is 6.54 Å². The summed E-state index contributed by atoms with van der Waals surface area (Å²) in [6.45, 7) is 1.18. The van der Waals surface area contributed by atoms with Gasteiger partial charge in [0.2, 0.25) is 0 Å². The maximum absolute atomic E-state index is 13.6. The van der Waals surface area contributed by atoms with E-state index >= 15 is 0 Å². The van der Waals surface area contributed by atoms with Crippen LogP contribution in [0.1, 0.15) is 39.1 Å². The molecule has 0 spiro atoms. The van der Waals surface area contributed by atoms with Crippen LogP contribution in [0.3, 0.4) is 0 Å². The standard InChI is InChI=1S/C30H24Cl2N2O7S/c1-18-6-13-22(14-7-18)42(39,40)41-21-11-8-19(9-12-21)27(35)17-33(28(36)20-10-15-25(31)26(32)16-20)34-29(37)23-4-2-3-5-24(23)30(34)38/h2-3,6-16,23-24H,4-5,17H2,1H3/t23-,24+. The van der Waals surface area contributed by atoms with Gasteiger partial charge in [0.1, 0.15) is 17.2 Å². The number of fused-ring (bicyclic) bond motifs is 1. The number of ketones is 1. The van der Waals surface area contributed by atoms with Crippen molar-refractivity contribution in [1.29, 1.82) is 0 Å². The van der Waals surface area contributed by atoms with Crippen LogP contribution in [0.5, 0.6) is 5.75 Å². The van der Waals surface area contributed by atoms with Gasteiger partial charge >= 0.3 is 10.1 Å². The second-order valence-corrected chi connectivity index (χ2v) is 12.3. The Morgan fingerprint density at radius 3 is 2.00 bits per heavy atom. The molecule has 216 valence electrons. The molecular weight excluding hydrogens is 603 g/mol. The molecule has 2 atom stereocenters. The van der Waals surface area contributed by atoms with Crippen molar-refractivity contribution in [1.82, 2.24) is 10.0 Å². The van der Waals surface area contributed by atoms with Gasteiger partial charge < -0.3 is 4.18 Å². The summed E-state index contributed by atoms with van der Waals surface area (Å²) in [4.78, 5) is 53.7. The lowest BCUT2D eigenvalue weighted by Crippen LogP contribution is -2.52. The van der Waals surface area contributed by atoms with E-state index in [9.17, 15) is 27.6 Å². The predicted molar refractivity (Wildman–Crippen MR) is 154 cm³/mol. The third-order valence-corrected chi connectivity index (χ3v) is 9.11. The third kappa shape index (κ3) is 5.83. The Hall–Kier alpha value is -3.99. The van der Waals surface area contributed by atoms with Gasteiger partial charge in [0, 0.05) is 11.1 Å². The summed E-state index contributed by atoms with van der Waals surface area (Å²) in [7, 11) is -4.11. The molecule has 3 amide bonds. The monoisotopic (exact) mass is 626 g/mol. The van der Waals surface area contributed by atoms with E-state index in [0.717, 1.165) is 15.6 Å². The van der Waals surface area contributed by atoms with Gasteiger partial charge in [-0.2, -0.15) is 13.4 Å². The van der Waals surface area contributed by atoms with Gasteiger partial charge in [0.15, 0.2) is 5.78 Å². The first-order chi connectivity index (χ1) is 20.0. The SMILES string of the molecule is Cc1ccc(S(=O)(=O)Oc2ccc(C(=O)CN(C(=O)c3ccc(Cl)c(Cl)c3)N3C(=O)[C@H]4CC=CC[C@H]4C3=O)cc2)cc1. The molecule has 3 aromatic rings. The van der Waals surface area contributed by atoms with E-state index < -0.39 is 52.0 Å². The molecule has 0 saturated carbocycles. The fraction of sp³-hybridized carbons (Fsp3) is 0.200. The number of hydrazine groups is 1. The minimum Gasteiger partial charge on any atom is -0.379 e. The molecule has 2 aliphatic rings. The summed E-state index contributed by atoms with van der Waals surface area (Å²) in [6.07, 6.45) is 4.33. The minimum atomic E-state index is -4.11. The average Bonchev–Trinajstić information content (AvgIpc) is 3.22. The number of nitrogens with zero attached hydrogens (tertiary/aromatic N) is 2. The first-order valence-corrected chi connectivity index (χ1v) is 15.1. The van der Waals surface area contributed by atoms with E-state index in [1.807, 2.05) is 19.1 Å². The first-order valence-electron chi connectivity index (χ1n) is 12.9. The summed E-state index contributed by atoms with van der Waals surface area (Å²) < 4.78 is 30.4. The number of hydrogen-bond donors (Lipinski definition) is 0. The number of imide groups is 1. The predicted octanol–water partition coefficient (Wildman–Crippen LogP) is 5.26. The Kier molecular flexibility index (Phi) is 8.23. The summed E-state index contributed by atoms with van der Waals surface area (Å²) in [5, 5.41) is 1.88. The molecule has 1 saturated heterocycles. The molecule has 1 fully saturated rings. The van der Waals surface area contributed by atoms with Crippen molar-refractivity contribution in [2.24, 2.45) is 11.8 Å². The van der Waals surface area contributed by atoms with E-state index in [2.05, 4.69) is 0 Å². The quantitative estimate of drug-likeness (QED) is 0.145. The number of benzene rings is 3. The molecular formula is C30H24Cl2N2O7S. The van der Waals surface area contributed by atoms with Crippen LogP contribution >= 0.6 is 23.2 Å². The maximum atomic E-state index is 13.6. The molecule has 5 rings (SSSR count). The highest BCUT2D eigenvalue weighted by Crippen LogP contribution is 2.36. The lowest BCUT2D eigenvalue weighted by molar-refractivity contribution is -0.154. The normalized spacial score (nSPS) is 18.1. The highest BCUT2D eigenvalue weighted by atomic mass is 35.5. The second-order valence-electron chi connectivity index (χ2n) is 9.93. The van der Waals surface area contributed by atoms with Crippen molar-refractivity contribution in [3.05, 3.63) is 106 Å². The Morgan fingerprint density at radius 1 is 0.857 bits per heavy atom. The smallest absolute Gasteiger partial charge is 0.339 e. The molecule has 12 heteroatoms. The van der Waals surface area contributed by atoms with Crippen LogP contribution in [0, 0.1) is 18.8 Å². The molecule has 0 radical (unpaired) electrons. The topological polar surface area (TPSA) is 118 Å². The summed E-state index contributed by atoms with van der Waals surface area (Å²) in [5.41, 5.74) is 1.01. The molecule has 42 heavy (non-hydrogen) atoms. The molecule has 3 aromatic carbocycles. The van der Waals surface area contributed by atoms with Gasteiger partial charge in [-0.05, 0) is 74.4 Å². The van der Waals surface area contributed by atoms with Crippen molar-refractivity contribution in [2.45, 2.75) is 24.7 Å². The highest BCUT2D eigenvalue weighted by molar-refractivity contribution is 7.87. The van der Waals surface area contributed by atoms with Crippen LogP contribution in [0.25, 0.3) is 0 Å². The number of hydrogen-bond acceptors (Lipinski definition) is 7. The van der Waals surface area contributed by atoms with Gasteiger partial charge in [-0.1, -0.05) is 53.1 Å². The van der Waals surface area contributed by atoms with Crippen LogP contribution in [-0.4, -0.2) is 48.5 Å². The Balaban J connectivity index is 1.40. The number of allylic oxidation sites excluding steroid dienone is 2. The molecule has 1 heterocycles. The Labute approximate surface area is 252 Å². The Bertz CT molecular complexity index is 1700. The fourth-order valence-electron chi connectivity index (χ4n) is 4.84. The molecule has 0 aromatic heterocycles.